The van der Waals surface area contributed by atoms with Gasteiger partial charge in [0, 0.05) is 19.3 Å². The summed E-state index contributed by atoms with van der Waals surface area (Å²) in [6.07, 6.45) is 67.8. The van der Waals surface area contributed by atoms with E-state index in [1.54, 1.807) is 0 Å². The molecule has 0 N–H and O–H groups in total. The topological polar surface area (TPSA) is 78.9 Å². The Labute approximate surface area is 409 Å². The van der Waals surface area contributed by atoms with Gasteiger partial charge in [0.25, 0.3) is 0 Å². The van der Waals surface area contributed by atoms with Gasteiger partial charge in [-0.1, -0.05) is 223 Å². The van der Waals surface area contributed by atoms with Crippen molar-refractivity contribution in [2.75, 3.05) is 13.2 Å². The normalized spacial score (nSPS) is 12.5. The van der Waals surface area contributed by atoms with E-state index >= 15 is 0 Å². The third-order valence-electron chi connectivity index (χ3n) is 12.2. The number of hydrogen-bond donors (Lipinski definition) is 0. The number of rotatable bonds is 51. The summed E-state index contributed by atoms with van der Waals surface area (Å²) in [5, 5.41) is 0. The molecule has 0 spiro atoms. The van der Waals surface area contributed by atoms with E-state index in [0.717, 1.165) is 103 Å². The molecule has 0 radical (unpaired) electrons. The summed E-state index contributed by atoms with van der Waals surface area (Å²) >= 11 is 0. The maximum Gasteiger partial charge on any atom is 0.306 e. The SMILES string of the molecule is CC/C=C\C/C=C\C/C=C\CCCCCCCC(=O)O[C@H](COC(=O)CCCCCCC/C=C\CCCCCCC)COC(=O)CCCCCCCCCCC/C=C\CCCCCCCC. The first-order valence-electron chi connectivity index (χ1n) is 28.3. The smallest absolute Gasteiger partial charge is 0.306 e. The van der Waals surface area contributed by atoms with Crippen molar-refractivity contribution in [3.05, 3.63) is 60.8 Å². The molecule has 6 nitrogen and oxygen atoms in total. The monoisotopic (exact) mass is 923 g/mol. The van der Waals surface area contributed by atoms with Gasteiger partial charge in [0.2, 0.25) is 0 Å². The van der Waals surface area contributed by atoms with Gasteiger partial charge in [0.05, 0.1) is 0 Å². The predicted molar refractivity (Wildman–Crippen MR) is 284 cm³/mol. The Hall–Kier alpha value is -2.89. The fraction of sp³-hybridized carbons (Fsp3) is 0.783. The highest BCUT2D eigenvalue weighted by atomic mass is 16.6. The Morgan fingerprint density at radius 3 is 0.939 bits per heavy atom. The summed E-state index contributed by atoms with van der Waals surface area (Å²) in [4.78, 5) is 38.1. The van der Waals surface area contributed by atoms with Gasteiger partial charge < -0.3 is 14.2 Å². The van der Waals surface area contributed by atoms with Crippen molar-refractivity contribution in [1.82, 2.24) is 0 Å². The first-order valence-corrected chi connectivity index (χ1v) is 28.3. The second-order valence-corrected chi connectivity index (χ2v) is 18.8. The van der Waals surface area contributed by atoms with Crippen molar-refractivity contribution in [3.63, 3.8) is 0 Å². The van der Waals surface area contributed by atoms with Crippen molar-refractivity contribution < 1.29 is 28.6 Å². The molecule has 0 unspecified atom stereocenters. The van der Waals surface area contributed by atoms with Crippen LogP contribution in [0.1, 0.15) is 284 Å². The molecular weight excluding hydrogens is 817 g/mol. The van der Waals surface area contributed by atoms with E-state index < -0.39 is 6.10 Å². The zero-order chi connectivity index (χ0) is 47.9. The van der Waals surface area contributed by atoms with Crippen molar-refractivity contribution in [3.8, 4) is 0 Å². The lowest BCUT2D eigenvalue weighted by molar-refractivity contribution is -0.167. The van der Waals surface area contributed by atoms with Crippen molar-refractivity contribution in [2.45, 2.75) is 290 Å². The molecule has 0 rings (SSSR count). The standard InChI is InChI=1S/C60H106O6/c1-4-7-10-13-16-19-22-25-28-29-30-31-33-35-38-41-44-47-50-53-59(62)65-56-57(55-64-58(61)52-49-46-43-40-37-34-27-24-21-18-15-12-9-6-3)66-60(63)54-51-48-45-42-39-36-32-26-23-20-17-14-11-8-5-2/h8,11,17,20,24-28,32,57H,4-7,9-10,12-16,18-19,21-23,29-31,33-56H2,1-3H3/b11-8-,20-17-,27-24-,28-25-,32-26-/t57-/m1/s1. The van der Waals surface area contributed by atoms with Crippen LogP contribution in [-0.4, -0.2) is 37.2 Å². The van der Waals surface area contributed by atoms with Crippen LogP contribution >= 0.6 is 0 Å². The number of carbonyl (C=O) groups is 3. The fourth-order valence-corrected chi connectivity index (χ4v) is 7.98. The van der Waals surface area contributed by atoms with E-state index in [1.165, 1.54) is 141 Å². The second-order valence-electron chi connectivity index (χ2n) is 18.8. The van der Waals surface area contributed by atoms with Gasteiger partial charge in [-0.2, -0.15) is 0 Å². The van der Waals surface area contributed by atoms with E-state index in [9.17, 15) is 14.4 Å². The average molecular weight is 924 g/mol. The maximum absolute atomic E-state index is 12.8. The first kappa shape index (κ1) is 63.1. The van der Waals surface area contributed by atoms with Crippen LogP contribution in [0.3, 0.4) is 0 Å². The van der Waals surface area contributed by atoms with E-state index in [-0.39, 0.29) is 31.1 Å². The van der Waals surface area contributed by atoms with E-state index in [0.29, 0.717) is 19.3 Å². The molecule has 0 saturated carbocycles. The Bertz CT molecular complexity index is 1200. The molecule has 0 fully saturated rings. The number of carbonyl (C=O) groups excluding carboxylic acids is 3. The quantitative estimate of drug-likeness (QED) is 0.0262. The van der Waals surface area contributed by atoms with E-state index in [1.807, 2.05) is 0 Å². The molecule has 0 bridgehead atoms. The third-order valence-corrected chi connectivity index (χ3v) is 12.2. The molecule has 0 aliphatic rings. The Morgan fingerprint density at radius 2 is 0.591 bits per heavy atom. The highest BCUT2D eigenvalue weighted by molar-refractivity contribution is 5.71. The van der Waals surface area contributed by atoms with Gasteiger partial charge in [-0.25, -0.2) is 0 Å². The lowest BCUT2D eigenvalue weighted by Crippen LogP contribution is -2.30. The van der Waals surface area contributed by atoms with Crippen LogP contribution in [0.15, 0.2) is 60.8 Å². The van der Waals surface area contributed by atoms with E-state index in [2.05, 4.69) is 81.5 Å². The molecule has 382 valence electrons. The summed E-state index contributed by atoms with van der Waals surface area (Å²) in [5.74, 6) is -0.903. The lowest BCUT2D eigenvalue weighted by Gasteiger charge is -2.18. The van der Waals surface area contributed by atoms with Gasteiger partial charge in [-0.05, 0) is 103 Å². The Kier molecular flexibility index (Phi) is 52.3. The number of allylic oxidation sites excluding steroid dienone is 10. The summed E-state index contributed by atoms with van der Waals surface area (Å²) in [6, 6.07) is 0. The van der Waals surface area contributed by atoms with Gasteiger partial charge in [-0.3, -0.25) is 14.4 Å². The molecule has 0 saturated heterocycles. The van der Waals surface area contributed by atoms with Crippen molar-refractivity contribution in [1.29, 1.82) is 0 Å². The van der Waals surface area contributed by atoms with Crippen LogP contribution in [0.5, 0.6) is 0 Å². The largest absolute Gasteiger partial charge is 0.462 e. The molecule has 1 atom stereocenters. The molecule has 66 heavy (non-hydrogen) atoms. The third kappa shape index (κ3) is 52.1. The summed E-state index contributed by atoms with van der Waals surface area (Å²) in [6.45, 7) is 6.51. The molecule has 6 heteroatoms. The summed E-state index contributed by atoms with van der Waals surface area (Å²) in [5.41, 5.74) is 0. The van der Waals surface area contributed by atoms with Crippen molar-refractivity contribution in [2.24, 2.45) is 0 Å². The van der Waals surface area contributed by atoms with Crippen LogP contribution < -0.4 is 0 Å². The molecule has 0 aliphatic heterocycles. The highest BCUT2D eigenvalue weighted by Gasteiger charge is 2.19. The maximum atomic E-state index is 12.8. The minimum absolute atomic E-state index is 0.0840. The van der Waals surface area contributed by atoms with Crippen LogP contribution in [0.25, 0.3) is 0 Å². The van der Waals surface area contributed by atoms with E-state index in [4.69, 9.17) is 14.2 Å². The van der Waals surface area contributed by atoms with Gasteiger partial charge in [0.1, 0.15) is 13.2 Å². The second kappa shape index (κ2) is 54.7. The van der Waals surface area contributed by atoms with Gasteiger partial charge in [-0.15, -0.1) is 0 Å². The molecule has 0 aromatic carbocycles. The summed E-state index contributed by atoms with van der Waals surface area (Å²) in [7, 11) is 0. The van der Waals surface area contributed by atoms with Crippen LogP contribution in [0.4, 0.5) is 0 Å². The molecule has 0 heterocycles. The zero-order valence-electron chi connectivity index (χ0n) is 43.7. The minimum atomic E-state index is -0.787. The highest BCUT2D eigenvalue weighted by Crippen LogP contribution is 2.15. The predicted octanol–water partition coefficient (Wildman–Crippen LogP) is 18.8. The molecule has 0 aliphatic carbocycles. The van der Waals surface area contributed by atoms with Gasteiger partial charge in [0.15, 0.2) is 6.10 Å². The van der Waals surface area contributed by atoms with Crippen LogP contribution in [-0.2, 0) is 28.6 Å². The zero-order valence-corrected chi connectivity index (χ0v) is 43.7. The lowest BCUT2D eigenvalue weighted by atomic mass is 10.1. The molecule has 0 aromatic heterocycles. The molecule has 0 aromatic rings. The van der Waals surface area contributed by atoms with Crippen molar-refractivity contribution >= 4 is 17.9 Å². The minimum Gasteiger partial charge on any atom is -0.462 e. The first-order chi connectivity index (χ1) is 32.5. The molecule has 0 amide bonds. The van der Waals surface area contributed by atoms with Crippen LogP contribution in [0.2, 0.25) is 0 Å². The summed E-state index contributed by atoms with van der Waals surface area (Å²) < 4.78 is 16.8. The Morgan fingerprint density at radius 1 is 0.318 bits per heavy atom. The number of unbranched alkanes of at least 4 members (excludes halogenated alkanes) is 30. The van der Waals surface area contributed by atoms with Gasteiger partial charge >= 0.3 is 17.9 Å². The Balaban J connectivity index is 4.38. The number of hydrogen-bond acceptors (Lipinski definition) is 6. The number of ether oxygens (including phenoxy) is 3. The fourth-order valence-electron chi connectivity index (χ4n) is 7.98. The molecular formula is C60H106O6. The average Bonchev–Trinajstić information content (AvgIpc) is 3.31. The van der Waals surface area contributed by atoms with Crippen LogP contribution in [0, 0.1) is 0 Å². The number of esters is 3.